The molecule has 1 aromatic heterocycles. The van der Waals surface area contributed by atoms with Crippen LogP contribution in [0.15, 0.2) is 12.3 Å². The Morgan fingerprint density at radius 1 is 1.64 bits per heavy atom. The maximum atomic E-state index is 13.4. The van der Waals surface area contributed by atoms with Crippen LogP contribution in [0.5, 0.6) is 0 Å². The summed E-state index contributed by atoms with van der Waals surface area (Å²) in [5.41, 5.74) is 0.470. The molecule has 0 aliphatic heterocycles. The van der Waals surface area contributed by atoms with Crippen LogP contribution in [0.4, 0.5) is 4.39 Å². The lowest BCUT2D eigenvalue weighted by Crippen LogP contribution is -2.11. The first kappa shape index (κ1) is 11.9. The third-order valence-electron chi connectivity index (χ3n) is 2.20. The van der Waals surface area contributed by atoms with Gasteiger partial charge in [-0.2, -0.15) is 0 Å². The summed E-state index contributed by atoms with van der Waals surface area (Å²) in [6.07, 6.45) is 2.41. The third kappa shape index (κ3) is 2.67. The predicted octanol–water partition coefficient (Wildman–Crippen LogP) is 4.15. The molecule has 0 amide bonds. The van der Waals surface area contributed by atoms with Gasteiger partial charge in [0.2, 0.25) is 0 Å². The van der Waals surface area contributed by atoms with Crippen molar-refractivity contribution in [3.8, 4) is 0 Å². The molecule has 0 saturated heterocycles. The minimum atomic E-state index is -0.331. The van der Waals surface area contributed by atoms with Crippen LogP contribution in [0.1, 0.15) is 31.9 Å². The van der Waals surface area contributed by atoms with E-state index in [1.807, 2.05) is 13.8 Å². The zero-order valence-electron chi connectivity index (χ0n) is 8.10. The van der Waals surface area contributed by atoms with Gasteiger partial charge in [-0.3, -0.25) is 4.98 Å². The first-order chi connectivity index (χ1) is 6.56. The zero-order valence-corrected chi connectivity index (χ0v) is 10.4. The molecule has 1 aromatic rings. The van der Waals surface area contributed by atoms with Gasteiger partial charge in [-0.25, -0.2) is 4.39 Å². The second kappa shape index (κ2) is 5.08. The standard InChI is InChI=1S/C10H12BrClFN/c1-3-8(11)6(2)10-9(13)4-7(12)5-14-10/h4-6,8H,3H2,1-2H3. The maximum absolute atomic E-state index is 13.4. The fourth-order valence-corrected chi connectivity index (χ4v) is 1.68. The summed E-state index contributed by atoms with van der Waals surface area (Å²) in [6.45, 7) is 3.99. The molecule has 0 aliphatic rings. The molecule has 0 aliphatic carbocycles. The quantitative estimate of drug-likeness (QED) is 0.758. The Labute approximate surface area is 96.8 Å². The van der Waals surface area contributed by atoms with E-state index in [1.54, 1.807) is 0 Å². The van der Waals surface area contributed by atoms with Crippen molar-refractivity contribution < 1.29 is 4.39 Å². The molecule has 1 heterocycles. The normalized spacial score (nSPS) is 15.2. The molecule has 0 N–H and O–H groups in total. The van der Waals surface area contributed by atoms with Gasteiger partial charge < -0.3 is 0 Å². The van der Waals surface area contributed by atoms with Gasteiger partial charge in [-0.05, 0) is 12.5 Å². The van der Waals surface area contributed by atoms with Crippen LogP contribution in [0, 0.1) is 5.82 Å². The van der Waals surface area contributed by atoms with Crippen molar-refractivity contribution in [3.63, 3.8) is 0 Å². The predicted molar refractivity (Wildman–Crippen MR) is 60.6 cm³/mol. The Kier molecular flexibility index (Phi) is 4.32. The number of nitrogens with zero attached hydrogens (tertiary/aromatic N) is 1. The molecule has 78 valence electrons. The number of halogens is 3. The Bertz CT molecular complexity index is 319. The van der Waals surface area contributed by atoms with Crippen LogP contribution >= 0.6 is 27.5 Å². The van der Waals surface area contributed by atoms with Crippen LogP contribution in [-0.2, 0) is 0 Å². The van der Waals surface area contributed by atoms with Crippen molar-refractivity contribution in [1.82, 2.24) is 4.98 Å². The van der Waals surface area contributed by atoms with Crippen molar-refractivity contribution in [2.24, 2.45) is 0 Å². The maximum Gasteiger partial charge on any atom is 0.146 e. The van der Waals surface area contributed by atoms with Crippen LogP contribution in [0.25, 0.3) is 0 Å². The van der Waals surface area contributed by atoms with E-state index < -0.39 is 0 Å². The Morgan fingerprint density at radius 2 is 2.29 bits per heavy atom. The van der Waals surface area contributed by atoms with Crippen LogP contribution < -0.4 is 0 Å². The lowest BCUT2D eigenvalue weighted by molar-refractivity contribution is 0.563. The molecule has 2 atom stereocenters. The molecule has 0 fully saturated rings. The van der Waals surface area contributed by atoms with Gasteiger partial charge in [-0.15, -0.1) is 0 Å². The van der Waals surface area contributed by atoms with E-state index in [2.05, 4.69) is 20.9 Å². The summed E-state index contributed by atoms with van der Waals surface area (Å²) in [6, 6.07) is 1.30. The topological polar surface area (TPSA) is 12.9 Å². The van der Waals surface area contributed by atoms with Crippen molar-refractivity contribution in [1.29, 1.82) is 0 Å². The molecule has 0 aromatic carbocycles. The van der Waals surface area contributed by atoms with E-state index in [9.17, 15) is 4.39 Å². The van der Waals surface area contributed by atoms with E-state index in [1.165, 1.54) is 12.3 Å². The summed E-state index contributed by atoms with van der Waals surface area (Å²) < 4.78 is 13.4. The van der Waals surface area contributed by atoms with Crippen LogP contribution in [0.2, 0.25) is 5.02 Å². The molecule has 0 radical (unpaired) electrons. The van der Waals surface area contributed by atoms with Gasteiger partial charge in [0.1, 0.15) is 5.82 Å². The molecule has 1 rings (SSSR count). The fourth-order valence-electron chi connectivity index (χ4n) is 1.29. The molecule has 0 saturated carbocycles. The van der Waals surface area contributed by atoms with Gasteiger partial charge >= 0.3 is 0 Å². The van der Waals surface area contributed by atoms with Gasteiger partial charge in [-0.1, -0.05) is 41.4 Å². The molecule has 14 heavy (non-hydrogen) atoms. The van der Waals surface area contributed by atoms with Crippen LogP contribution in [-0.4, -0.2) is 9.81 Å². The van der Waals surface area contributed by atoms with Crippen molar-refractivity contribution in [2.45, 2.75) is 31.0 Å². The molecule has 2 unspecified atom stereocenters. The lowest BCUT2D eigenvalue weighted by atomic mass is 10.0. The number of hydrogen-bond donors (Lipinski definition) is 0. The zero-order chi connectivity index (χ0) is 10.7. The fraction of sp³-hybridized carbons (Fsp3) is 0.500. The highest BCUT2D eigenvalue weighted by Gasteiger charge is 2.19. The van der Waals surface area contributed by atoms with E-state index in [4.69, 9.17) is 11.6 Å². The highest BCUT2D eigenvalue weighted by Crippen LogP contribution is 2.27. The highest BCUT2D eigenvalue weighted by molar-refractivity contribution is 9.09. The SMILES string of the molecule is CCC(Br)C(C)c1ncc(Cl)cc1F. The summed E-state index contributed by atoms with van der Waals surface area (Å²) >= 11 is 9.11. The molecule has 4 heteroatoms. The number of hydrogen-bond acceptors (Lipinski definition) is 1. The third-order valence-corrected chi connectivity index (χ3v) is 3.85. The second-order valence-electron chi connectivity index (χ2n) is 3.23. The van der Waals surface area contributed by atoms with E-state index >= 15 is 0 Å². The van der Waals surface area contributed by atoms with Crippen LogP contribution in [0.3, 0.4) is 0 Å². The lowest BCUT2D eigenvalue weighted by Gasteiger charge is -2.16. The van der Waals surface area contributed by atoms with E-state index in [0.29, 0.717) is 10.7 Å². The minimum Gasteiger partial charge on any atom is -0.256 e. The summed E-state index contributed by atoms with van der Waals surface area (Å²) in [4.78, 5) is 4.25. The molecule has 0 bridgehead atoms. The highest BCUT2D eigenvalue weighted by atomic mass is 79.9. The Hall–Kier alpha value is -0.150. The van der Waals surface area contributed by atoms with E-state index in [-0.39, 0.29) is 16.6 Å². The van der Waals surface area contributed by atoms with Crippen molar-refractivity contribution in [2.75, 3.05) is 0 Å². The first-order valence-electron chi connectivity index (χ1n) is 4.51. The average molecular weight is 281 g/mol. The number of aromatic nitrogens is 1. The van der Waals surface area contributed by atoms with Crippen molar-refractivity contribution >= 4 is 27.5 Å². The molecular weight excluding hydrogens is 268 g/mol. The Morgan fingerprint density at radius 3 is 2.79 bits per heavy atom. The first-order valence-corrected chi connectivity index (χ1v) is 5.80. The van der Waals surface area contributed by atoms with E-state index in [0.717, 1.165) is 6.42 Å². The number of pyridine rings is 1. The summed E-state index contributed by atoms with van der Waals surface area (Å²) in [5.74, 6) is -0.278. The smallest absolute Gasteiger partial charge is 0.146 e. The van der Waals surface area contributed by atoms with Gasteiger partial charge in [0.25, 0.3) is 0 Å². The van der Waals surface area contributed by atoms with Gasteiger partial charge in [0.15, 0.2) is 0 Å². The Balaban J connectivity index is 2.95. The number of alkyl halides is 1. The number of rotatable bonds is 3. The molecular formula is C10H12BrClFN. The largest absolute Gasteiger partial charge is 0.256 e. The monoisotopic (exact) mass is 279 g/mol. The average Bonchev–Trinajstić information content (AvgIpc) is 2.15. The summed E-state index contributed by atoms with van der Waals surface area (Å²) in [7, 11) is 0. The van der Waals surface area contributed by atoms with Crippen molar-refractivity contribution in [3.05, 3.63) is 28.8 Å². The molecule has 1 nitrogen and oxygen atoms in total. The minimum absolute atomic E-state index is 0.0530. The summed E-state index contributed by atoms with van der Waals surface area (Å²) in [5, 5.41) is 0.334. The molecule has 0 spiro atoms. The second-order valence-corrected chi connectivity index (χ2v) is 4.85. The van der Waals surface area contributed by atoms with Gasteiger partial charge in [0, 0.05) is 16.9 Å². The van der Waals surface area contributed by atoms with Gasteiger partial charge in [0.05, 0.1) is 10.7 Å².